The molecule has 0 aromatic carbocycles. The monoisotopic (exact) mass is 298 g/mol. The SMILES string of the molecule is O=C(O)CC(O)(CC(=O)OS(=O)(=O)O)C(=O)O.[H-].[H-].[Mg+2]. The summed E-state index contributed by atoms with van der Waals surface area (Å²) >= 11 is 0. The summed E-state index contributed by atoms with van der Waals surface area (Å²) in [5, 5.41) is 26.1. The van der Waals surface area contributed by atoms with Gasteiger partial charge in [-0.2, -0.15) is 8.42 Å². The van der Waals surface area contributed by atoms with Crippen molar-refractivity contribution in [3.63, 3.8) is 0 Å². The molecule has 0 aromatic rings. The number of carbonyl (C=O) groups excluding carboxylic acids is 1. The third kappa shape index (κ3) is 7.39. The van der Waals surface area contributed by atoms with Crippen LogP contribution in [-0.2, 0) is 29.0 Å². The number of carboxylic acids is 2. The molecule has 0 rings (SSSR count). The number of carbonyl (C=O) groups is 3. The Morgan fingerprint density at radius 3 is 1.89 bits per heavy atom. The van der Waals surface area contributed by atoms with Crippen molar-refractivity contribution in [2.45, 2.75) is 18.4 Å². The average molecular weight is 299 g/mol. The largest absolute Gasteiger partial charge is 2.00 e. The molecule has 1 atom stereocenters. The predicted molar refractivity (Wildman–Crippen MR) is 55.1 cm³/mol. The van der Waals surface area contributed by atoms with Gasteiger partial charge in [-0.1, -0.05) is 0 Å². The van der Waals surface area contributed by atoms with E-state index in [2.05, 4.69) is 4.18 Å². The van der Waals surface area contributed by atoms with Gasteiger partial charge in [0.1, 0.15) is 0 Å². The van der Waals surface area contributed by atoms with Gasteiger partial charge in [0.05, 0.1) is 12.8 Å². The first-order chi connectivity index (χ1) is 7.46. The molecule has 12 heteroatoms. The fraction of sp³-hybridized carbons (Fsp3) is 0.500. The summed E-state index contributed by atoms with van der Waals surface area (Å²) in [4.78, 5) is 31.6. The molecule has 1 unspecified atom stereocenters. The van der Waals surface area contributed by atoms with Gasteiger partial charge in [0.15, 0.2) is 5.60 Å². The van der Waals surface area contributed by atoms with Gasteiger partial charge >= 0.3 is 51.4 Å². The van der Waals surface area contributed by atoms with Crippen LogP contribution in [0.4, 0.5) is 0 Å². The zero-order valence-corrected chi connectivity index (χ0v) is 11.0. The van der Waals surface area contributed by atoms with Gasteiger partial charge in [0.25, 0.3) is 0 Å². The van der Waals surface area contributed by atoms with E-state index < -0.39 is 46.7 Å². The molecule has 0 saturated carbocycles. The molecule has 0 fully saturated rings. The molecule has 0 aliphatic carbocycles. The van der Waals surface area contributed by atoms with Gasteiger partial charge in [0.2, 0.25) is 0 Å². The molecule has 0 amide bonds. The van der Waals surface area contributed by atoms with E-state index in [9.17, 15) is 27.9 Å². The van der Waals surface area contributed by atoms with Crippen LogP contribution in [0.2, 0.25) is 0 Å². The van der Waals surface area contributed by atoms with Crippen LogP contribution in [0.15, 0.2) is 0 Å². The first kappa shape index (κ1) is 19.4. The molecule has 0 radical (unpaired) electrons. The minimum atomic E-state index is -5.15. The molecule has 4 N–H and O–H groups in total. The topological polar surface area (TPSA) is 175 Å². The van der Waals surface area contributed by atoms with Crippen molar-refractivity contribution in [1.82, 2.24) is 0 Å². The van der Waals surface area contributed by atoms with Crippen molar-refractivity contribution in [3.8, 4) is 0 Å². The Bertz CT molecular complexity index is 451. The second kappa shape index (κ2) is 6.84. The molecular formula is C6H10MgO10S. The molecule has 10 nitrogen and oxygen atoms in total. The van der Waals surface area contributed by atoms with E-state index in [1.54, 1.807) is 0 Å². The average Bonchev–Trinajstić information content (AvgIpc) is 1.96. The summed E-state index contributed by atoms with van der Waals surface area (Å²) < 4.78 is 31.6. The number of rotatable bonds is 6. The van der Waals surface area contributed by atoms with Crippen LogP contribution in [-0.4, -0.2) is 74.9 Å². The molecule has 0 saturated heterocycles. The first-order valence-electron chi connectivity index (χ1n) is 3.83. The third-order valence-electron chi connectivity index (χ3n) is 1.48. The van der Waals surface area contributed by atoms with Crippen LogP contribution >= 0.6 is 0 Å². The van der Waals surface area contributed by atoms with Crippen LogP contribution in [0.3, 0.4) is 0 Å². The Morgan fingerprint density at radius 1 is 1.17 bits per heavy atom. The van der Waals surface area contributed by atoms with Gasteiger partial charge < -0.3 is 22.4 Å². The van der Waals surface area contributed by atoms with Crippen LogP contribution in [0.1, 0.15) is 15.7 Å². The third-order valence-corrected chi connectivity index (χ3v) is 1.87. The molecule has 0 bridgehead atoms. The maximum atomic E-state index is 10.8. The molecule has 0 aliphatic heterocycles. The number of hydrogen-bond donors (Lipinski definition) is 4. The maximum Gasteiger partial charge on any atom is 2.00 e. The van der Waals surface area contributed by atoms with E-state index in [0.29, 0.717) is 0 Å². The standard InChI is InChI=1S/C6H8O10S.Mg.2H/c7-3(8)1-6(12,5(10)11)2-4(9)16-17(13,14)15;;;/h12H,1-2H2,(H,7,8)(H,10,11)(H,13,14,15);;;/q;+2;2*-1. The summed E-state index contributed by atoms with van der Waals surface area (Å²) in [7, 11) is -5.15. The van der Waals surface area contributed by atoms with Crippen molar-refractivity contribution in [2.75, 3.05) is 0 Å². The summed E-state index contributed by atoms with van der Waals surface area (Å²) in [5.41, 5.74) is -3.02. The molecule has 102 valence electrons. The van der Waals surface area contributed by atoms with Crippen molar-refractivity contribution in [2.24, 2.45) is 0 Å². The first-order valence-corrected chi connectivity index (χ1v) is 5.20. The summed E-state index contributed by atoms with van der Waals surface area (Å²) in [6, 6.07) is 0. The summed E-state index contributed by atoms with van der Waals surface area (Å²) in [6.07, 6.45) is -2.79. The van der Waals surface area contributed by atoms with E-state index in [1.165, 1.54) is 0 Å². The second-order valence-electron chi connectivity index (χ2n) is 2.97. The molecule has 18 heavy (non-hydrogen) atoms. The number of aliphatic hydroxyl groups is 1. The molecule has 0 spiro atoms. The fourth-order valence-corrected chi connectivity index (χ4v) is 1.14. The molecule has 0 aliphatic rings. The van der Waals surface area contributed by atoms with Gasteiger partial charge in [-0.25, -0.2) is 4.79 Å². The van der Waals surface area contributed by atoms with E-state index in [4.69, 9.17) is 14.8 Å². The Kier molecular flexibility index (Phi) is 7.37. The minimum absolute atomic E-state index is 0. The van der Waals surface area contributed by atoms with E-state index in [-0.39, 0.29) is 25.9 Å². The van der Waals surface area contributed by atoms with Crippen molar-refractivity contribution in [3.05, 3.63) is 0 Å². The Labute approximate surface area is 120 Å². The zero-order valence-electron chi connectivity index (χ0n) is 10.8. The maximum absolute atomic E-state index is 10.8. The summed E-state index contributed by atoms with van der Waals surface area (Å²) in [6.45, 7) is 0. The van der Waals surface area contributed by atoms with Crippen LogP contribution in [0.5, 0.6) is 0 Å². The van der Waals surface area contributed by atoms with Crippen molar-refractivity contribution < 1.29 is 49.7 Å². The van der Waals surface area contributed by atoms with Gasteiger partial charge in [-0.3, -0.25) is 14.1 Å². The van der Waals surface area contributed by atoms with Crippen LogP contribution in [0.25, 0.3) is 0 Å². The molecular weight excluding hydrogens is 288 g/mol. The van der Waals surface area contributed by atoms with Gasteiger partial charge in [0, 0.05) is 0 Å². The van der Waals surface area contributed by atoms with E-state index >= 15 is 0 Å². The van der Waals surface area contributed by atoms with Crippen LogP contribution < -0.4 is 0 Å². The summed E-state index contributed by atoms with van der Waals surface area (Å²) in [5.74, 6) is -5.58. The predicted octanol–water partition coefficient (Wildman–Crippen LogP) is -2.14. The smallest absolute Gasteiger partial charge is 1.00 e. The molecule has 0 heterocycles. The second-order valence-corrected chi connectivity index (χ2v) is 3.99. The Hall–Kier alpha value is -0.954. The number of aliphatic carboxylic acids is 2. The van der Waals surface area contributed by atoms with E-state index in [1.807, 2.05) is 0 Å². The van der Waals surface area contributed by atoms with E-state index in [0.717, 1.165) is 0 Å². The number of hydrogen-bond acceptors (Lipinski definition) is 7. The van der Waals surface area contributed by atoms with Gasteiger partial charge in [-0.15, -0.1) is 0 Å². The normalized spacial score (nSPS) is 13.9. The molecule has 0 aromatic heterocycles. The van der Waals surface area contributed by atoms with Crippen molar-refractivity contribution in [1.29, 1.82) is 0 Å². The Balaban J connectivity index is -0.000000427. The fourth-order valence-electron chi connectivity index (χ4n) is 0.850. The number of carboxylic acid groups (broad SMARTS) is 2. The van der Waals surface area contributed by atoms with Crippen LogP contribution in [0, 0.1) is 0 Å². The quantitative estimate of drug-likeness (QED) is 0.312. The zero-order chi connectivity index (χ0) is 13.9. The Morgan fingerprint density at radius 2 is 1.61 bits per heavy atom. The van der Waals surface area contributed by atoms with Crippen molar-refractivity contribution >= 4 is 51.4 Å². The minimum Gasteiger partial charge on any atom is -1.00 e. The van der Waals surface area contributed by atoms with Gasteiger partial charge in [-0.05, 0) is 0 Å².